The minimum Gasteiger partial charge on any atom is -0.271 e. The van der Waals surface area contributed by atoms with E-state index in [1.807, 2.05) is 6.08 Å². The van der Waals surface area contributed by atoms with Crippen molar-refractivity contribution in [3.8, 4) is 0 Å². The molecule has 0 radical (unpaired) electrons. The van der Waals surface area contributed by atoms with E-state index in [4.69, 9.17) is 5.10 Å². The van der Waals surface area contributed by atoms with Crippen molar-refractivity contribution in [1.82, 2.24) is 10.0 Å². The lowest BCUT2D eigenvalue weighted by molar-refractivity contribution is -0.136. The number of hydrogen-bond acceptors (Lipinski definition) is 7. The topological polar surface area (TPSA) is 98.0 Å². The van der Waals surface area contributed by atoms with Crippen molar-refractivity contribution in [1.29, 1.82) is 0 Å². The summed E-state index contributed by atoms with van der Waals surface area (Å²) in [5, 5.41) is 15.3. The fraction of sp³-hybridized carbons (Fsp3) is 0.250. The SMILES string of the molecule is O=C1[C@@H]2N=NN(CC(=O)N3N=C4/C(=C/c5ccc(F)cc5)CCC[C@@H]4[C@H]3c3ccc(F)cc3)[C@H]2C(=O)N1c1cccc(F)c1. The van der Waals surface area contributed by atoms with Crippen LogP contribution in [0, 0.1) is 23.4 Å². The van der Waals surface area contributed by atoms with E-state index in [2.05, 4.69) is 10.3 Å². The van der Waals surface area contributed by atoms with Crippen LogP contribution in [-0.2, 0) is 14.4 Å². The molecule has 222 valence electrons. The zero-order valence-electron chi connectivity index (χ0n) is 23.2. The molecule has 1 saturated carbocycles. The standard InChI is InChI=1S/C32H25F3N6O3/c33-21-11-7-18(8-12-21)15-20-3-1-6-25-27(20)37-41(29(25)19-9-13-22(34)14-10-19)26(42)17-39-30-28(36-38-39)31(43)40(32(30)44)24-5-2-4-23(35)16-24/h2,4-5,7-16,25,28-30H,1,3,6,17H2/b20-15+/t25-,28+,29+,30+/m0/s1. The summed E-state index contributed by atoms with van der Waals surface area (Å²) in [7, 11) is 0. The number of hydrogen-bond donors (Lipinski definition) is 0. The molecular weight excluding hydrogens is 573 g/mol. The number of anilines is 1. The fourth-order valence-corrected chi connectivity index (χ4v) is 6.40. The Kier molecular flexibility index (Phi) is 6.83. The van der Waals surface area contributed by atoms with E-state index in [9.17, 15) is 27.6 Å². The number of carbonyl (C=O) groups excluding carboxylic acids is 3. The summed E-state index contributed by atoms with van der Waals surface area (Å²) in [5.41, 5.74) is 3.19. The summed E-state index contributed by atoms with van der Waals surface area (Å²) in [6, 6.07) is 14.2. The van der Waals surface area contributed by atoms with Crippen molar-refractivity contribution in [2.75, 3.05) is 11.4 Å². The van der Waals surface area contributed by atoms with Gasteiger partial charge in [-0.3, -0.25) is 19.4 Å². The molecule has 12 heteroatoms. The van der Waals surface area contributed by atoms with Gasteiger partial charge in [0.1, 0.15) is 24.0 Å². The molecule has 1 aliphatic carbocycles. The van der Waals surface area contributed by atoms with Crippen LogP contribution in [0.1, 0.15) is 36.4 Å². The zero-order valence-corrected chi connectivity index (χ0v) is 23.2. The van der Waals surface area contributed by atoms with Gasteiger partial charge in [0.25, 0.3) is 17.7 Å². The first-order valence-electron chi connectivity index (χ1n) is 14.2. The number of nitrogens with zero attached hydrogens (tertiary/aromatic N) is 6. The summed E-state index contributed by atoms with van der Waals surface area (Å²) in [4.78, 5) is 41.3. The number of halogens is 3. The minimum atomic E-state index is -1.16. The van der Waals surface area contributed by atoms with Gasteiger partial charge in [0.05, 0.1) is 17.4 Å². The van der Waals surface area contributed by atoms with Crippen molar-refractivity contribution in [2.24, 2.45) is 21.4 Å². The molecule has 44 heavy (non-hydrogen) atoms. The van der Waals surface area contributed by atoms with Crippen molar-refractivity contribution < 1.29 is 27.6 Å². The van der Waals surface area contributed by atoms with Gasteiger partial charge >= 0.3 is 0 Å². The lowest BCUT2D eigenvalue weighted by Gasteiger charge is -2.30. The molecule has 0 bridgehead atoms. The molecule has 3 aliphatic heterocycles. The Bertz CT molecular complexity index is 1760. The van der Waals surface area contributed by atoms with Gasteiger partial charge in [0.15, 0.2) is 12.1 Å². The number of hydrazone groups is 1. The molecule has 9 nitrogen and oxygen atoms in total. The van der Waals surface area contributed by atoms with Crippen LogP contribution < -0.4 is 4.90 Å². The summed E-state index contributed by atoms with van der Waals surface area (Å²) in [5.74, 6) is -3.36. The Balaban J connectivity index is 1.19. The molecular formula is C32H25F3N6O3. The number of benzene rings is 3. The van der Waals surface area contributed by atoms with E-state index >= 15 is 0 Å². The third kappa shape index (κ3) is 4.76. The fourth-order valence-electron chi connectivity index (χ4n) is 6.40. The molecule has 3 amide bonds. The maximum Gasteiger partial charge on any atom is 0.264 e. The maximum atomic E-state index is 14.0. The molecule has 4 atom stereocenters. The number of rotatable bonds is 5. The average Bonchev–Trinajstić information content (AvgIpc) is 3.68. The average molecular weight is 599 g/mol. The summed E-state index contributed by atoms with van der Waals surface area (Å²) >= 11 is 0. The van der Waals surface area contributed by atoms with Gasteiger partial charge in [-0.15, -0.1) is 0 Å². The van der Waals surface area contributed by atoms with Gasteiger partial charge in [-0.1, -0.05) is 35.6 Å². The van der Waals surface area contributed by atoms with Crippen LogP contribution in [0.5, 0.6) is 0 Å². The molecule has 4 aliphatic rings. The minimum absolute atomic E-state index is 0.0720. The van der Waals surface area contributed by atoms with E-state index in [1.165, 1.54) is 52.5 Å². The van der Waals surface area contributed by atoms with Gasteiger partial charge in [-0.05, 0) is 84.5 Å². The zero-order chi connectivity index (χ0) is 30.5. The highest BCUT2D eigenvalue weighted by Gasteiger charge is 2.55. The third-order valence-corrected chi connectivity index (χ3v) is 8.40. The molecule has 0 N–H and O–H groups in total. The second kappa shape index (κ2) is 10.9. The van der Waals surface area contributed by atoms with Crippen LogP contribution in [0.3, 0.4) is 0 Å². The number of amides is 3. The van der Waals surface area contributed by atoms with E-state index in [1.54, 1.807) is 24.3 Å². The molecule has 1 saturated heterocycles. The molecule has 3 aromatic rings. The quantitative estimate of drug-likeness (QED) is 0.376. The number of imide groups is 1. The van der Waals surface area contributed by atoms with Crippen LogP contribution in [0.2, 0.25) is 0 Å². The second-order valence-electron chi connectivity index (χ2n) is 11.1. The molecule has 3 aromatic carbocycles. The van der Waals surface area contributed by atoms with Crippen LogP contribution in [0.15, 0.2) is 93.8 Å². The Morgan fingerprint density at radius 3 is 2.34 bits per heavy atom. The van der Waals surface area contributed by atoms with E-state index in [0.29, 0.717) is 17.7 Å². The Morgan fingerprint density at radius 2 is 1.61 bits per heavy atom. The Labute approximate surface area is 249 Å². The highest BCUT2D eigenvalue weighted by atomic mass is 19.1. The lowest BCUT2D eigenvalue weighted by Crippen LogP contribution is -2.45. The van der Waals surface area contributed by atoms with Crippen LogP contribution in [-0.4, -0.2) is 52.1 Å². The maximum absolute atomic E-state index is 14.0. The third-order valence-electron chi connectivity index (χ3n) is 8.40. The molecule has 7 rings (SSSR count). The highest BCUT2D eigenvalue weighted by molar-refractivity contribution is 6.25. The van der Waals surface area contributed by atoms with E-state index in [0.717, 1.165) is 34.9 Å². The summed E-state index contributed by atoms with van der Waals surface area (Å²) < 4.78 is 41.3. The van der Waals surface area contributed by atoms with Gasteiger partial charge in [-0.2, -0.15) is 10.2 Å². The van der Waals surface area contributed by atoms with Gasteiger partial charge in [-0.25, -0.2) is 23.1 Å². The second-order valence-corrected chi connectivity index (χ2v) is 11.1. The smallest absolute Gasteiger partial charge is 0.264 e. The van der Waals surface area contributed by atoms with Gasteiger partial charge < -0.3 is 0 Å². The largest absolute Gasteiger partial charge is 0.271 e. The Hall–Kier alpha value is -5.13. The van der Waals surface area contributed by atoms with Crippen LogP contribution in [0.4, 0.5) is 18.9 Å². The van der Waals surface area contributed by atoms with Gasteiger partial charge in [0, 0.05) is 5.92 Å². The van der Waals surface area contributed by atoms with Crippen molar-refractivity contribution >= 4 is 35.2 Å². The highest BCUT2D eigenvalue weighted by Crippen LogP contribution is 2.45. The van der Waals surface area contributed by atoms with E-state index < -0.39 is 54.0 Å². The first kappa shape index (κ1) is 27.7. The number of fused-ring (bicyclic) bond motifs is 2. The normalized spacial score (nSPS) is 25.1. The number of allylic oxidation sites excluding steroid dienone is 1. The van der Waals surface area contributed by atoms with Gasteiger partial charge in [0.2, 0.25) is 0 Å². The molecule has 0 spiro atoms. The van der Waals surface area contributed by atoms with Crippen LogP contribution in [0.25, 0.3) is 6.08 Å². The molecule has 0 aromatic heterocycles. The first-order valence-corrected chi connectivity index (χ1v) is 14.2. The van der Waals surface area contributed by atoms with E-state index in [-0.39, 0.29) is 17.4 Å². The first-order chi connectivity index (χ1) is 21.3. The van der Waals surface area contributed by atoms with Crippen molar-refractivity contribution in [3.63, 3.8) is 0 Å². The lowest BCUT2D eigenvalue weighted by atomic mass is 9.77. The summed E-state index contributed by atoms with van der Waals surface area (Å²) in [6.07, 6.45) is 4.20. The monoisotopic (exact) mass is 598 g/mol. The van der Waals surface area contributed by atoms with Crippen LogP contribution >= 0.6 is 0 Å². The summed E-state index contributed by atoms with van der Waals surface area (Å²) in [6.45, 7) is -0.404. The molecule has 3 heterocycles. The van der Waals surface area contributed by atoms with Crippen molar-refractivity contribution in [2.45, 2.75) is 37.4 Å². The van der Waals surface area contributed by atoms with Crippen molar-refractivity contribution in [3.05, 3.63) is 107 Å². The molecule has 0 unspecified atom stereocenters. The predicted octanol–water partition coefficient (Wildman–Crippen LogP) is 5.22. The number of carbonyl (C=O) groups is 3. The molecule has 2 fully saturated rings. The predicted molar refractivity (Wildman–Crippen MR) is 153 cm³/mol. The Morgan fingerprint density at radius 1 is 0.886 bits per heavy atom.